The lowest BCUT2D eigenvalue weighted by atomic mass is 10.1. The summed E-state index contributed by atoms with van der Waals surface area (Å²) in [5, 5.41) is 23.2. The normalized spacial score (nSPS) is 32.9. The van der Waals surface area contributed by atoms with Crippen molar-refractivity contribution in [2.45, 2.75) is 51.9 Å². The maximum absolute atomic E-state index is 12.3. The van der Waals surface area contributed by atoms with Crippen LogP contribution >= 0.6 is 0 Å². The Bertz CT molecular complexity index is 819. The second kappa shape index (κ2) is 15.8. The third-order valence-electron chi connectivity index (χ3n) is 4.40. The molecule has 1 aliphatic rings. The second-order valence-corrected chi connectivity index (χ2v) is 7.32. The van der Waals surface area contributed by atoms with Crippen LogP contribution in [-0.2, 0) is 4.79 Å². The van der Waals surface area contributed by atoms with Gasteiger partial charge >= 0.3 is 0 Å². The highest BCUT2D eigenvalue weighted by Crippen LogP contribution is 2.06. The van der Waals surface area contributed by atoms with E-state index >= 15 is 0 Å². The first-order valence-corrected chi connectivity index (χ1v) is 10.6. The molecule has 3 atom stereocenters. The maximum atomic E-state index is 12.3. The van der Waals surface area contributed by atoms with Crippen LogP contribution in [0.2, 0.25) is 0 Å². The molecule has 0 aromatic carbocycles. The molecule has 0 unspecified atom stereocenters. The summed E-state index contributed by atoms with van der Waals surface area (Å²) in [4.78, 5) is 12.3. The summed E-state index contributed by atoms with van der Waals surface area (Å²) in [5.41, 5.74) is 1.83. The number of hydrogen-bond acceptors (Lipinski definition) is 3. The molecule has 0 spiro atoms. The SMILES string of the molecule is C/C=C/C=C/C[C@@H]1C/C=C/C=C(C)/C=C/C=C/[C@@H](O)[C@@H](O)\C=C(C)/C=C/C=C\C(=O)N1. The summed E-state index contributed by atoms with van der Waals surface area (Å²) in [6.45, 7) is 5.77. The van der Waals surface area contributed by atoms with E-state index in [9.17, 15) is 15.0 Å². The summed E-state index contributed by atoms with van der Waals surface area (Å²) >= 11 is 0. The Morgan fingerprint density at radius 1 is 0.968 bits per heavy atom. The average molecular weight is 422 g/mol. The summed E-state index contributed by atoms with van der Waals surface area (Å²) in [5.74, 6) is -0.159. The van der Waals surface area contributed by atoms with Crippen molar-refractivity contribution in [1.29, 1.82) is 0 Å². The van der Waals surface area contributed by atoms with Gasteiger partial charge in [-0.2, -0.15) is 0 Å². The summed E-state index contributed by atoms with van der Waals surface area (Å²) in [6.07, 6.45) is 28.6. The van der Waals surface area contributed by atoms with Gasteiger partial charge in [-0.15, -0.1) is 0 Å². The zero-order valence-corrected chi connectivity index (χ0v) is 18.7. The molecule has 0 saturated carbocycles. The van der Waals surface area contributed by atoms with Crippen LogP contribution in [0.15, 0.2) is 108 Å². The van der Waals surface area contributed by atoms with E-state index in [1.165, 1.54) is 6.08 Å². The number of aliphatic hydroxyl groups is 2. The lowest BCUT2D eigenvalue weighted by Crippen LogP contribution is -2.32. The number of carbonyl (C=O) groups excluding carboxylic acids is 1. The molecule has 0 radical (unpaired) electrons. The summed E-state index contributed by atoms with van der Waals surface area (Å²) < 4.78 is 0. The van der Waals surface area contributed by atoms with Crippen molar-refractivity contribution in [2.24, 2.45) is 0 Å². The van der Waals surface area contributed by atoms with Gasteiger partial charge in [-0.25, -0.2) is 0 Å². The van der Waals surface area contributed by atoms with Crippen molar-refractivity contribution in [3.05, 3.63) is 108 Å². The molecule has 1 rings (SSSR count). The number of hydrogen-bond donors (Lipinski definition) is 3. The fourth-order valence-electron chi connectivity index (χ4n) is 2.69. The van der Waals surface area contributed by atoms with Crippen LogP contribution in [-0.4, -0.2) is 34.4 Å². The van der Waals surface area contributed by atoms with Crippen molar-refractivity contribution in [1.82, 2.24) is 5.32 Å². The first-order chi connectivity index (χ1) is 14.9. The van der Waals surface area contributed by atoms with Gasteiger partial charge in [-0.05, 0) is 33.6 Å². The van der Waals surface area contributed by atoms with Crippen LogP contribution in [0.25, 0.3) is 0 Å². The van der Waals surface area contributed by atoms with Crippen LogP contribution in [0.3, 0.4) is 0 Å². The number of allylic oxidation sites excluding steroid dienone is 13. The molecule has 0 aromatic rings. The molecule has 166 valence electrons. The maximum Gasteiger partial charge on any atom is 0.244 e. The minimum absolute atomic E-state index is 0.00469. The fraction of sp³-hybridized carbons (Fsp3) is 0.296. The van der Waals surface area contributed by atoms with Gasteiger partial charge in [0.25, 0.3) is 0 Å². The third-order valence-corrected chi connectivity index (χ3v) is 4.40. The van der Waals surface area contributed by atoms with E-state index in [1.807, 2.05) is 75.5 Å². The first-order valence-electron chi connectivity index (χ1n) is 10.6. The van der Waals surface area contributed by atoms with E-state index in [1.54, 1.807) is 36.5 Å². The number of rotatable bonds is 3. The van der Waals surface area contributed by atoms with E-state index in [4.69, 9.17) is 0 Å². The lowest BCUT2D eigenvalue weighted by molar-refractivity contribution is -0.117. The molecular formula is C27H35NO3. The molecule has 4 heteroatoms. The van der Waals surface area contributed by atoms with Gasteiger partial charge in [0.2, 0.25) is 5.91 Å². The minimum Gasteiger partial charge on any atom is -0.386 e. The zero-order valence-electron chi connectivity index (χ0n) is 18.7. The number of amides is 1. The van der Waals surface area contributed by atoms with Crippen molar-refractivity contribution < 1.29 is 15.0 Å². The third kappa shape index (κ3) is 13.1. The first kappa shape index (κ1) is 26.1. The molecule has 0 aromatic heterocycles. The van der Waals surface area contributed by atoms with E-state index < -0.39 is 12.2 Å². The van der Waals surface area contributed by atoms with E-state index in [0.29, 0.717) is 0 Å². The molecule has 0 aliphatic carbocycles. The molecular weight excluding hydrogens is 386 g/mol. The Morgan fingerprint density at radius 3 is 2.45 bits per heavy atom. The summed E-state index contributed by atoms with van der Waals surface area (Å²) in [6, 6.07) is -0.00469. The Balaban J connectivity index is 3.04. The number of carbonyl (C=O) groups is 1. The molecule has 0 saturated heterocycles. The summed E-state index contributed by atoms with van der Waals surface area (Å²) in [7, 11) is 0. The predicted molar refractivity (Wildman–Crippen MR) is 130 cm³/mol. The molecule has 31 heavy (non-hydrogen) atoms. The fourth-order valence-corrected chi connectivity index (χ4v) is 2.69. The van der Waals surface area contributed by atoms with E-state index in [-0.39, 0.29) is 11.9 Å². The van der Waals surface area contributed by atoms with Crippen molar-refractivity contribution >= 4 is 5.91 Å². The molecule has 4 nitrogen and oxygen atoms in total. The Kier molecular flexibility index (Phi) is 13.3. The van der Waals surface area contributed by atoms with Crippen molar-refractivity contribution in [3.8, 4) is 0 Å². The van der Waals surface area contributed by atoms with Gasteiger partial charge in [-0.1, -0.05) is 102 Å². The Hall–Kier alpha value is -2.95. The number of nitrogens with one attached hydrogen (secondary N) is 1. The van der Waals surface area contributed by atoms with Crippen LogP contribution in [0.1, 0.15) is 33.6 Å². The number of aliphatic hydroxyl groups excluding tert-OH is 2. The van der Waals surface area contributed by atoms with Gasteiger partial charge in [-0.3, -0.25) is 4.79 Å². The van der Waals surface area contributed by atoms with Gasteiger partial charge < -0.3 is 15.5 Å². The Morgan fingerprint density at radius 2 is 1.68 bits per heavy atom. The zero-order chi connectivity index (χ0) is 22.9. The van der Waals surface area contributed by atoms with Crippen LogP contribution in [0.5, 0.6) is 0 Å². The van der Waals surface area contributed by atoms with Gasteiger partial charge in [0.1, 0.15) is 12.2 Å². The molecule has 1 aliphatic heterocycles. The predicted octanol–water partition coefficient (Wildman–Crippen LogP) is 4.79. The van der Waals surface area contributed by atoms with Crippen LogP contribution < -0.4 is 5.32 Å². The molecule has 1 amide bonds. The van der Waals surface area contributed by atoms with Crippen molar-refractivity contribution in [2.75, 3.05) is 0 Å². The van der Waals surface area contributed by atoms with E-state index in [2.05, 4.69) is 5.32 Å². The molecule has 0 bridgehead atoms. The highest BCUT2D eigenvalue weighted by molar-refractivity contribution is 5.88. The van der Waals surface area contributed by atoms with Crippen molar-refractivity contribution in [3.63, 3.8) is 0 Å². The lowest BCUT2D eigenvalue weighted by Gasteiger charge is -2.14. The minimum atomic E-state index is -1.01. The van der Waals surface area contributed by atoms with Gasteiger partial charge in [0.05, 0.1) is 0 Å². The quantitative estimate of drug-likeness (QED) is 0.574. The largest absolute Gasteiger partial charge is 0.386 e. The second-order valence-electron chi connectivity index (χ2n) is 7.32. The monoisotopic (exact) mass is 421 g/mol. The average Bonchev–Trinajstić information content (AvgIpc) is 2.73. The molecule has 0 fully saturated rings. The van der Waals surface area contributed by atoms with Crippen LogP contribution in [0.4, 0.5) is 0 Å². The Labute approximate surface area is 186 Å². The molecule has 3 N–H and O–H groups in total. The van der Waals surface area contributed by atoms with Gasteiger partial charge in [0.15, 0.2) is 0 Å². The van der Waals surface area contributed by atoms with Gasteiger partial charge in [0, 0.05) is 12.1 Å². The topological polar surface area (TPSA) is 69.6 Å². The van der Waals surface area contributed by atoms with Crippen LogP contribution in [0, 0.1) is 0 Å². The molecule has 1 heterocycles. The highest BCUT2D eigenvalue weighted by atomic mass is 16.3. The smallest absolute Gasteiger partial charge is 0.244 e. The highest BCUT2D eigenvalue weighted by Gasteiger charge is 2.09. The van der Waals surface area contributed by atoms with E-state index in [0.717, 1.165) is 24.0 Å². The standard InChI is InChI=1S/C27H35NO3/c1-4-5-6-7-17-24-18-11-8-14-22(2)15-9-12-19-25(29)26(30)21-23(3)16-10-13-20-27(31)28-24/h4-16,19-21,24-26,29-30H,17-18H2,1-3H3,(H,28,31)/b5-4+,7-6+,11-8+,15-9+,16-10+,19-12+,20-13-,22-14+,23-21-/t24-,25-,26+/m1/s1.